The number of carbonyl (C=O) groups excluding carboxylic acids is 2. The van der Waals surface area contributed by atoms with Crippen LogP contribution < -0.4 is 16.0 Å². The fourth-order valence-electron chi connectivity index (χ4n) is 8.01. The van der Waals surface area contributed by atoms with Crippen LogP contribution in [0.15, 0.2) is 30.5 Å². The Morgan fingerprint density at radius 1 is 1.16 bits per heavy atom. The van der Waals surface area contributed by atoms with Crippen molar-refractivity contribution in [1.29, 1.82) is 0 Å². The van der Waals surface area contributed by atoms with Gasteiger partial charge in [0.05, 0.1) is 30.5 Å². The molecule has 1 saturated carbocycles. The van der Waals surface area contributed by atoms with Gasteiger partial charge in [-0.25, -0.2) is 17.8 Å². The third-order valence-electron chi connectivity index (χ3n) is 10.2. The summed E-state index contributed by atoms with van der Waals surface area (Å²) in [6.07, 6.45) is 5.85. The summed E-state index contributed by atoms with van der Waals surface area (Å²) in [6, 6.07) is 5.33. The van der Waals surface area contributed by atoms with E-state index in [0.717, 1.165) is 12.8 Å². The van der Waals surface area contributed by atoms with Crippen molar-refractivity contribution in [3.8, 4) is 0 Å². The van der Waals surface area contributed by atoms with Crippen molar-refractivity contribution in [2.24, 2.45) is 5.41 Å². The van der Waals surface area contributed by atoms with Crippen molar-refractivity contribution in [3.05, 3.63) is 57.6 Å². The molecule has 13 heteroatoms. The average molecular weight is 668 g/mol. The quantitative estimate of drug-likeness (QED) is 0.401. The normalized spacial score (nSPS) is 30.7. The molecule has 1 aromatic heterocycles. The fourth-order valence-corrected chi connectivity index (χ4v) is 9.28. The van der Waals surface area contributed by atoms with Crippen molar-refractivity contribution in [1.82, 2.24) is 15.6 Å². The lowest BCUT2D eigenvalue weighted by Gasteiger charge is -2.50. The van der Waals surface area contributed by atoms with Crippen LogP contribution in [0.5, 0.6) is 0 Å². The van der Waals surface area contributed by atoms with Gasteiger partial charge in [0.2, 0.25) is 11.8 Å². The molecule has 2 spiro atoms. The van der Waals surface area contributed by atoms with Gasteiger partial charge in [0.1, 0.15) is 15.3 Å². The number of benzene rings is 1. The molecule has 2 saturated heterocycles. The minimum atomic E-state index is -3.21. The van der Waals surface area contributed by atoms with Crippen LogP contribution in [-0.2, 0) is 29.6 Å². The number of rotatable bonds is 5. The number of aromatic nitrogens is 1. The molecule has 5 atom stereocenters. The minimum Gasteiger partial charge on any atom is -0.375 e. The molecule has 3 N–H and O–H groups in total. The Bertz CT molecular complexity index is 1600. The van der Waals surface area contributed by atoms with E-state index in [1.165, 1.54) is 18.5 Å². The molecule has 238 valence electrons. The van der Waals surface area contributed by atoms with Gasteiger partial charge >= 0.3 is 0 Å². The summed E-state index contributed by atoms with van der Waals surface area (Å²) < 4.78 is 45.3. The highest BCUT2D eigenvalue weighted by Crippen LogP contribution is 2.64. The molecule has 44 heavy (non-hydrogen) atoms. The maximum absolute atomic E-state index is 16.0. The number of hydrogen-bond donors (Lipinski definition) is 3. The topological polar surface area (TPSA) is 126 Å². The van der Waals surface area contributed by atoms with Crippen LogP contribution >= 0.6 is 23.2 Å². The van der Waals surface area contributed by atoms with E-state index in [1.807, 2.05) is 6.07 Å². The number of halogens is 3. The zero-order valence-corrected chi connectivity index (χ0v) is 27.2. The van der Waals surface area contributed by atoms with Gasteiger partial charge in [0.25, 0.3) is 0 Å². The summed E-state index contributed by atoms with van der Waals surface area (Å²) in [6.45, 7) is 4.52. The molecular weight excluding hydrogens is 630 g/mol. The maximum Gasteiger partial charge on any atom is 0.238 e. The monoisotopic (exact) mass is 666 g/mol. The molecule has 2 amide bonds. The largest absolute Gasteiger partial charge is 0.375 e. The van der Waals surface area contributed by atoms with Crippen molar-refractivity contribution >= 4 is 50.5 Å². The molecule has 0 unspecified atom stereocenters. The lowest BCUT2D eigenvalue weighted by Crippen LogP contribution is -2.61. The van der Waals surface area contributed by atoms with Gasteiger partial charge < -0.3 is 15.4 Å². The summed E-state index contributed by atoms with van der Waals surface area (Å²) in [5.41, 5.74) is -0.890. The van der Waals surface area contributed by atoms with Gasteiger partial charge in [0, 0.05) is 34.6 Å². The Labute approximate surface area is 266 Å². The Morgan fingerprint density at radius 3 is 2.55 bits per heavy atom. The van der Waals surface area contributed by atoms with E-state index in [1.54, 1.807) is 12.1 Å². The Balaban J connectivity index is 1.44. The standard InChI is InChI=1S/C31H37Cl2FN4O5S/c1-29(2)9-11-30(12-10-29)31(21-7-4-17(32)14-22(21)37-28(31)40)23(20-8-13-35-26(33)24(20)34)25(38-30)27(39)36-18-5-6-19(43-15-18)16-44(3,41)42/h4,7-8,13-14,18-19,23,25,38H,5-6,9-12,15-16H2,1-3H3,(H,36,39)(H,37,40)/t18-,19+,23+,25-,31-/m1/s1. The lowest BCUT2D eigenvalue weighted by molar-refractivity contribution is -0.125. The van der Waals surface area contributed by atoms with Crippen molar-refractivity contribution in [3.63, 3.8) is 0 Å². The summed E-state index contributed by atoms with van der Waals surface area (Å²) in [5.74, 6) is -2.55. The van der Waals surface area contributed by atoms with Crippen LogP contribution in [0.25, 0.3) is 0 Å². The van der Waals surface area contributed by atoms with Gasteiger partial charge in [-0.05, 0) is 73.3 Å². The molecule has 2 aromatic rings. The Kier molecular flexibility index (Phi) is 8.05. The van der Waals surface area contributed by atoms with Gasteiger partial charge in [-0.2, -0.15) is 0 Å². The first-order valence-electron chi connectivity index (χ1n) is 14.9. The van der Waals surface area contributed by atoms with Crippen molar-refractivity contribution < 1.29 is 27.1 Å². The summed E-state index contributed by atoms with van der Waals surface area (Å²) in [4.78, 5) is 32.8. The molecule has 0 radical (unpaired) electrons. The number of hydrogen-bond acceptors (Lipinski definition) is 7. The first-order valence-corrected chi connectivity index (χ1v) is 17.8. The second-order valence-corrected chi connectivity index (χ2v) is 16.6. The number of sulfone groups is 1. The molecule has 0 bridgehead atoms. The number of nitrogens with zero attached hydrogens (tertiary/aromatic N) is 1. The van der Waals surface area contributed by atoms with Crippen LogP contribution in [0.4, 0.5) is 10.1 Å². The molecule has 1 aromatic carbocycles. The molecule has 4 heterocycles. The third kappa shape index (κ3) is 5.32. The van der Waals surface area contributed by atoms with Crippen LogP contribution in [0.1, 0.15) is 69.4 Å². The van der Waals surface area contributed by atoms with E-state index in [0.29, 0.717) is 42.0 Å². The lowest BCUT2D eigenvalue weighted by atomic mass is 9.53. The predicted octanol–water partition coefficient (Wildman–Crippen LogP) is 4.52. The van der Waals surface area contributed by atoms with Crippen LogP contribution in [0, 0.1) is 11.2 Å². The van der Waals surface area contributed by atoms with E-state index in [2.05, 4.69) is 34.8 Å². The summed E-state index contributed by atoms with van der Waals surface area (Å²) >= 11 is 12.6. The molecule has 9 nitrogen and oxygen atoms in total. The zero-order chi connectivity index (χ0) is 31.7. The highest BCUT2D eigenvalue weighted by molar-refractivity contribution is 7.90. The van der Waals surface area contributed by atoms with Crippen molar-refractivity contribution in [2.75, 3.05) is 23.9 Å². The van der Waals surface area contributed by atoms with Gasteiger partial charge in [0.15, 0.2) is 11.0 Å². The molecule has 6 rings (SSSR count). The van der Waals surface area contributed by atoms with Gasteiger partial charge in [-0.1, -0.05) is 43.1 Å². The second kappa shape index (κ2) is 11.2. The molecule has 3 fully saturated rings. The first-order chi connectivity index (χ1) is 20.7. The first kappa shape index (κ1) is 31.7. The number of anilines is 1. The Hall–Kier alpha value is -2.31. The summed E-state index contributed by atoms with van der Waals surface area (Å²) in [7, 11) is -3.21. The van der Waals surface area contributed by atoms with Gasteiger partial charge in [-0.15, -0.1) is 0 Å². The molecule has 3 aliphatic heterocycles. The highest BCUT2D eigenvalue weighted by atomic mass is 35.5. The average Bonchev–Trinajstić information content (AvgIpc) is 3.40. The number of nitrogens with one attached hydrogen (secondary N) is 3. The third-order valence-corrected chi connectivity index (χ3v) is 11.6. The molecule has 4 aliphatic rings. The predicted molar refractivity (Wildman–Crippen MR) is 166 cm³/mol. The van der Waals surface area contributed by atoms with E-state index in [4.69, 9.17) is 27.9 Å². The minimum absolute atomic E-state index is 0.0229. The number of carbonyl (C=O) groups is 2. The van der Waals surface area contributed by atoms with Crippen LogP contribution in [0.2, 0.25) is 10.2 Å². The highest BCUT2D eigenvalue weighted by Gasteiger charge is 2.73. The van der Waals surface area contributed by atoms with Crippen LogP contribution in [-0.4, -0.2) is 67.6 Å². The SMILES string of the molecule is CC1(C)CCC2(CC1)N[C@@H](C(=O)N[C@@H]1CC[C@@H](CS(C)(=O)=O)OC1)[C@H](c1ccnc(Cl)c1F)[C@]21C(=O)Nc2cc(Cl)ccc21. The van der Waals surface area contributed by atoms with E-state index in [-0.39, 0.29) is 40.4 Å². The fraction of sp³-hybridized carbons (Fsp3) is 0.581. The number of fused-ring (bicyclic) bond motifs is 3. The van der Waals surface area contributed by atoms with E-state index in [9.17, 15) is 18.0 Å². The summed E-state index contributed by atoms with van der Waals surface area (Å²) in [5, 5.41) is 9.84. The zero-order valence-electron chi connectivity index (χ0n) is 24.9. The maximum atomic E-state index is 16.0. The molecule has 1 aliphatic carbocycles. The van der Waals surface area contributed by atoms with Crippen molar-refractivity contribution in [2.45, 2.75) is 87.4 Å². The van der Waals surface area contributed by atoms with E-state index >= 15 is 4.39 Å². The molecular formula is C31H37Cl2FN4O5S. The van der Waals surface area contributed by atoms with Gasteiger partial charge in [-0.3, -0.25) is 14.9 Å². The van der Waals surface area contributed by atoms with Crippen LogP contribution in [0.3, 0.4) is 0 Å². The number of amides is 2. The second-order valence-electron chi connectivity index (χ2n) is 13.6. The smallest absolute Gasteiger partial charge is 0.238 e. The van der Waals surface area contributed by atoms with E-state index < -0.39 is 50.6 Å². The number of pyridine rings is 1. The number of ether oxygens (including phenoxy) is 1. The Morgan fingerprint density at radius 2 is 1.89 bits per heavy atom.